The second-order valence-electron chi connectivity index (χ2n) is 5.03. The van der Waals surface area contributed by atoms with Crippen LogP contribution < -0.4 is 5.32 Å². The van der Waals surface area contributed by atoms with Crippen LogP contribution in [-0.2, 0) is 6.42 Å². The van der Waals surface area contributed by atoms with Crippen molar-refractivity contribution in [2.45, 2.75) is 25.3 Å². The summed E-state index contributed by atoms with van der Waals surface area (Å²) < 4.78 is 0.481. The monoisotopic (exact) mass is 284 g/mol. The van der Waals surface area contributed by atoms with Gasteiger partial charge in [-0.3, -0.25) is 4.79 Å². The van der Waals surface area contributed by atoms with E-state index >= 15 is 0 Å². The number of pyridine rings is 1. The summed E-state index contributed by atoms with van der Waals surface area (Å²) in [6.07, 6.45) is 4.90. The first kappa shape index (κ1) is 13.1. The van der Waals surface area contributed by atoms with Crippen LogP contribution in [0, 0.1) is 4.64 Å². The van der Waals surface area contributed by atoms with E-state index in [0.29, 0.717) is 10.2 Å². The highest BCUT2D eigenvalue weighted by atomic mass is 32.1. The highest BCUT2D eigenvalue weighted by Gasteiger charge is 2.22. The number of H-pyrrole nitrogens is 1. The summed E-state index contributed by atoms with van der Waals surface area (Å²) in [6, 6.07) is 12.0. The summed E-state index contributed by atoms with van der Waals surface area (Å²) >= 11 is 5.16. The van der Waals surface area contributed by atoms with E-state index < -0.39 is 0 Å². The normalized spacial score (nSPS) is 17.3. The topological polar surface area (TPSA) is 44.9 Å². The quantitative estimate of drug-likeness (QED) is 0.828. The number of hydrogen-bond donors (Lipinski definition) is 2. The van der Waals surface area contributed by atoms with Crippen molar-refractivity contribution in [3.8, 4) is 0 Å². The molecule has 0 spiro atoms. The van der Waals surface area contributed by atoms with E-state index in [2.05, 4.69) is 28.5 Å². The van der Waals surface area contributed by atoms with Crippen LogP contribution in [0.3, 0.4) is 0 Å². The molecular formula is C16H16N2OS. The van der Waals surface area contributed by atoms with Crippen LogP contribution in [0.15, 0.2) is 42.6 Å². The molecule has 1 amide bonds. The average molecular weight is 284 g/mol. The summed E-state index contributed by atoms with van der Waals surface area (Å²) in [5.41, 5.74) is 3.10. The van der Waals surface area contributed by atoms with Gasteiger partial charge in [0, 0.05) is 6.20 Å². The third kappa shape index (κ3) is 2.51. The minimum atomic E-state index is -0.103. The lowest BCUT2D eigenvalue weighted by Crippen LogP contribution is -2.31. The Bertz CT molecular complexity index is 693. The zero-order valence-corrected chi connectivity index (χ0v) is 11.9. The Morgan fingerprint density at radius 1 is 1.25 bits per heavy atom. The Hall–Kier alpha value is -1.94. The predicted octanol–water partition coefficient (Wildman–Crippen LogP) is 3.55. The number of fused-ring (bicyclic) bond motifs is 1. The number of aromatic amines is 1. The second-order valence-corrected chi connectivity index (χ2v) is 5.44. The van der Waals surface area contributed by atoms with Gasteiger partial charge in [0.1, 0.15) is 4.64 Å². The Kier molecular flexibility index (Phi) is 3.65. The van der Waals surface area contributed by atoms with E-state index in [1.807, 2.05) is 6.07 Å². The molecule has 0 fully saturated rings. The van der Waals surface area contributed by atoms with Gasteiger partial charge in [-0.2, -0.15) is 0 Å². The zero-order valence-electron chi connectivity index (χ0n) is 11.1. The summed E-state index contributed by atoms with van der Waals surface area (Å²) in [5.74, 6) is -0.103. The molecule has 1 aliphatic rings. The smallest absolute Gasteiger partial charge is 0.254 e. The van der Waals surface area contributed by atoms with Gasteiger partial charge < -0.3 is 10.3 Å². The molecule has 4 heteroatoms. The van der Waals surface area contributed by atoms with Crippen molar-refractivity contribution in [2.24, 2.45) is 0 Å². The standard InChI is InChI=1S/C16H16N2OS/c19-15(13-8-4-10-17-16(13)20)18-14-9-3-6-11-5-1-2-7-12(11)14/h1-2,4-5,7-8,10,14H,3,6,9H2,(H,17,20)(H,18,19)/t14-/m1/s1. The van der Waals surface area contributed by atoms with E-state index in [0.717, 1.165) is 19.3 Å². The Labute approximate surface area is 123 Å². The molecule has 0 aliphatic heterocycles. The lowest BCUT2D eigenvalue weighted by molar-refractivity contribution is 0.0932. The van der Waals surface area contributed by atoms with E-state index in [1.165, 1.54) is 11.1 Å². The predicted molar refractivity (Wildman–Crippen MR) is 81.2 cm³/mol. The molecule has 1 aromatic heterocycles. The second kappa shape index (κ2) is 5.59. The van der Waals surface area contributed by atoms with Gasteiger partial charge in [-0.15, -0.1) is 0 Å². The van der Waals surface area contributed by atoms with Crippen LogP contribution in [0.2, 0.25) is 0 Å². The van der Waals surface area contributed by atoms with Crippen molar-refractivity contribution >= 4 is 18.1 Å². The van der Waals surface area contributed by atoms with Gasteiger partial charge in [0.15, 0.2) is 0 Å². The molecule has 0 saturated heterocycles. The lowest BCUT2D eigenvalue weighted by atomic mass is 9.87. The van der Waals surface area contributed by atoms with Crippen LogP contribution in [0.1, 0.15) is 40.4 Å². The third-order valence-corrected chi connectivity index (χ3v) is 4.08. The molecule has 1 atom stereocenters. The Morgan fingerprint density at radius 3 is 2.95 bits per heavy atom. The number of amides is 1. The third-order valence-electron chi connectivity index (χ3n) is 3.74. The number of nitrogens with one attached hydrogen (secondary N) is 2. The lowest BCUT2D eigenvalue weighted by Gasteiger charge is -2.26. The molecule has 0 unspecified atom stereocenters. The molecule has 3 nitrogen and oxygen atoms in total. The first-order valence-electron chi connectivity index (χ1n) is 6.82. The number of aryl methyl sites for hydroxylation is 1. The summed E-state index contributed by atoms with van der Waals surface area (Å²) in [5, 5.41) is 3.11. The van der Waals surface area contributed by atoms with Gasteiger partial charge in [-0.25, -0.2) is 0 Å². The molecule has 102 valence electrons. The summed E-state index contributed by atoms with van der Waals surface area (Å²) in [7, 11) is 0. The molecule has 1 aliphatic carbocycles. The maximum atomic E-state index is 12.3. The Morgan fingerprint density at radius 2 is 2.10 bits per heavy atom. The minimum absolute atomic E-state index is 0.0852. The van der Waals surface area contributed by atoms with Crippen molar-refractivity contribution in [1.29, 1.82) is 0 Å². The number of carbonyl (C=O) groups excluding carboxylic acids is 1. The van der Waals surface area contributed by atoms with Crippen LogP contribution in [0.5, 0.6) is 0 Å². The molecule has 1 aromatic carbocycles. The van der Waals surface area contributed by atoms with Crippen molar-refractivity contribution in [3.05, 3.63) is 63.9 Å². The minimum Gasteiger partial charge on any atom is -0.352 e. The molecule has 0 radical (unpaired) electrons. The van der Waals surface area contributed by atoms with E-state index in [-0.39, 0.29) is 11.9 Å². The largest absolute Gasteiger partial charge is 0.352 e. The molecule has 2 N–H and O–H groups in total. The van der Waals surface area contributed by atoms with Gasteiger partial charge in [0.2, 0.25) is 0 Å². The van der Waals surface area contributed by atoms with Crippen molar-refractivity contribution < 1.29 is 4.79 Å². The first-order valence-corrected chi connectivity index (χ1v) is 7.23. The van der Waals surface area contributed by atoms with Crippen molar-refractivity contribution in [1.82, 2.24) is 10.3 Å². The molecule has 1 heterocycles. The van der Waals surface area contributed by atoms with E-state index in [1.54, 1.807) is 18.3 Å². The first-order chi connectivity index (χ1) is 9.75. The average Bonchev–Trinajstić information content (AvgIpc) is 2.48. The van der Waals surface area contributed by atoms with Gasteiger partial charge in [0.25, 0.3) is 5.91 Å². The number of rotatable bonds is 2. The van der Waals surface area contributed by atoms with Crippen LogP contribution in [0.25, 0.3) is 0 Å². The van der Waals surface area contributed by atoms with Crippen molar-refractivity contribution in [3.63, 3.8) is 0 Å². The highest BCUT2D eigenvalue weighted by molar-refractivity contribution is 7.71. The fraction of sp³-hybridized carbons (Fsp3) is 0.250. The highest BCUT2D eigenvalue weighted by Crippen LogP contribution is 2.29. The number of carbonyl (C=O) groups is 1. The van der Waals surface area contributed by atoms with Gasteiger partial charge >= 0.3 is 0 Å². The van der Waals surface area contributed by atoms with Crippen molar-refractivity contribution in [2.75, 3.05) is 0 Å². The molecule has 3 rings (SSSR count). The molecule has 2 aromatic rings. The van der Waals surface area contributed by atoms with E-state index in [9.17, 15) is 4.79 Å². The fourth-order valence-electron chi connectivity index (χ4n) is 2.74. The van der Waals surface area contributed by atoms with Crippen LogP contribution in [-0.4, -0.2) is 10.9 Å². The maximum absolute atomic E-state index is 12.3. The van der Waals surface area contributed by atoms with E-state index in [4.69, 9.17) is 12.2 Å². The number of hydrogen-bond acceptors (Lipinski definition) is 2. The molecule has 0 saturated carbocycles. The van der Waals surface area contributed by atoms with Gasteiger partial charge in [0.05, 0.1) is 11.6 Å². The SMILES string of the molecule is O=C(N[C@@H]1CCCc2ccccc21)c1ccc[nH]c1=S. The molecule has 0 bridgehead atoms. The number of aromatic nitrogens is 1. The fourth-order valence-corrected chi connectivity index (χ4v) is 2.97. The maximum Gasteiger partial charge on any atom is 0.254 e. The Balaban J connectivity index is 1.85. The number of benzene rings is 1. The van der Waals surface area contributed by atoms with Gasteiger partial charge in [-0.05, 0) is 42.5 Å². The summed E-state index contributed by atoms with van der Waals surface area (Å²) in [6.45, 7) is 0. The molecular weight excluding hydrogens is 268 g/mol. The van der Waals surface area contributed by atoms with Crippen LogP contribution in [0.4, 0.5) is 0 Å². The molecule has 20 heavy (non-hydrogen) atoms. The zero-order chi connectivity index (χ0) is 13.9. The van der Waals surface area contributed by atoms with Gasteiger partial charge in [-0.1, -0.05) is 36.5 Å². The summed E-state index contributed by atoms with van der Waals surface area (Å²) in [4.78, 5) is 15.2. The van der Waals surface area contributed by atoms with Crippen LogP contribution >= 0.6 is 12.2 Å².